The summed E-state index contributed by atoms with van der Waals surface area (Å²) in [5, 5.41) is 3.24. The maximum absolute atomic E-state index is 12.0. The van der Waals surface area contributed by atoms with Gasteiger partial charge in [0.15, 0.2) is 0 Å². The van der Waals surface area contributed by atoms with E-state index < -0.39 is 12.8 Å². The summed E-state index contributed by atoms with van der Waals surface area (Å²) in [7, 11) is 0. The van der Waals surface area contributed by atoms with E-state index in [9.17, 15) is 13.2 Å². The van der Waals surface area contributed by atoms with Gasteiger partial charge in [0.2, 0.25) is 0 Å². The number of hydrogen-bond acceptors (Lipinski definition) is 2. The first-order valence-electron chi connectivity index (χ1n) is 6.09. The van der Waals surface area contributed by atoms with Gasteiger partial charge in [0.25, 0.3) is 0 Å². The molecular formula is C12H20F3NO. The Kier molecular flexibility index (Phi) is 5.98. The van der Waals surface area contributed by atoms with Gasteiger partial charge in [0.05, 0.1) is 12.6 Å². The quantitative estimate of drug-likeness (QED) is 0.702. The SMILES string of the molecule is CCCNC(COCC(F)(F)F)C1=CCCC1. The molecule has 0 aromatic heterocycles. The molecule has 1 aliphatic rings. The second kappa shape index (κ2) is 7.01. The standard InChI is InChI=1S/C12H20F3NO/c1-2-7-16-11(10-5-3-4-6-10)8-17-9-12(13,14)15/h5,11,16H,2-4,6-9H2,1H3. The van der Waals surface area contributed by atoms with Gasteiger partial charge in [-0.15, -0.1) is 0 Å². The van der Waals surface area contributed by atoms with Gasteiger partial charge >= 0.3 is 6.18 Å². The van der Waals surface area contributed by atoms with Crippen LogP contribution in [0.3, 0.4) is 0 Å². The molecule has 2 nitrogen and oxygen atoms in total. The zero-order chi connectivity index (χ0) is 12.7. The van der Waals surface area contributed by atoms with E-state index in [1.165, 1.54) is 5.57 Å². The van der Waals surface area contributed by atoms with Crippen molar-refractivity contribution in [2.45, 2.75) is 44.8 Å². The summed E-state index contributed by atoms with van der Waals surface area (Å²) < 4.78 is 40.7. The number of hydrogen-bond donors (Lipinski definition) is 1. The fourth-order valence-electron chi connectivity index (χ4n) is 1.92. The summed E-state index contributed by atoms with van der Waals surface area (Å²) >= 11 is 0. The molecule has 1 aliphatic carbocycles. The summed E-state index contributed by atoms with van der Waals surface area (Å²) in [6.45, 7) is 1.77. The average molecular weight is 251 g/mol. The molecule has 0 spiro atoms. The maximum Gasteiger partial charge on any atom is 0.411 e. The maximum atomic E-state index is 12.0. The monoisotopic (exact) mass is 251 g/mol. The van der Waals surface area contributed by atoms with Gasteiger partial charge < -0.3 is 10.1 Å². The van der Waals surface area contributed by atoms with Crippen molar-refractivity contribution in [1.29, 1.82) is 0 Å². The molecule has 0 aromatic carbocycles. The zero-order valence-corrected chi connectivity index (χ0v) is 10.1. The molecule has 1 atom stereocenters. The van der Waals surface area contributed by atoms with Gasteiger partial charge in [-0.1, -0.05) is 18.6 Å². The van der Waals surface area contributed by atoms with Crippen molar-refractivity contribution in [2.75, 3.05) is 19.8 Å². The molecule has 100 valence electrons. The second-order valence-electron chi connectivity index (χ2n) is 4.31. The van der Waals surface area contributed by atoms with Gasteiger partial charge in [0.1, 0.15) is 6.61 Å². The van der Waals surface area contributed by atoms with Crippen LogP contribution in [-0.2, 0) is 4.74 Å². The molecule has 1 unspecified atom stereocenters. The molecule has 0 saturated heterocycles. The molecule has 0 aliphatic heterocycles. The van der Waals surface area contributed by atoms with Crippen LogP contribution in [0.5, 0.6) is 0 Å². The number of ether oxygens (including phenoxy) is 1. The Hall–Kier alpha value is -0.550. The minimum absolute atomic E-state index is 0.0557. The van der Waals surface area contributed by atoms with Crippen molar-refractivity contribution in [3.05, 3.63) is 11.6 Å². The van der Waals surface area contributed by atoms with Gasteiger partial charge in [-0.3, -0.25) is 0 Å². The highest BCUT2D eigenvalue weighted by Gasteiger charge is 2.28. The second-order valence-corrected chi connectivity index (χ2v) is 4.31. The van der Waals surface area contributed by atoms with Crippen LogP contribution < -0.4 is 5.32 Å². The Bertz CT molecular complexity index is 251. The molecule has 0 fully saturated rings. The van der Waals surface area contributed by atoms with E-state index in [0.29, 0.717) is 0 Å². The van der Waals surface area contributed by atoms with Crippen molar-refractivity contribution in [3.8, 4) is 0 Å². The molecule has 1 rings (SSSR count). The largest absolute Gasteiger partial charge is 0.411 e. The summed E-state index contributed by atoms with van der Waals surface area (Å²) in [6.07, 6.45) is 1.93. The highest BCUT2D eigenvalue weighted by Crippen LogP contribution is 2.22. The predicted molar refractivity (Wildman–Crippen MR) is 60.9 cm³/mol. The van der Waals surface area contributed by atoms with Crippen molar-refractivity contribution in [3.63, 3.8) is 0 Å². The number of rotatable bonds is 7. The fourth-order valence-corrected chi connectivity index (χ4v) is 1.92. The molecule has 5 heteroatoms. The third-order valence-corrected chi connectivity index (χ3v) is 2.71. The smallest absolute Gasteiger partial charge is 0.370 e. The van der Waals surface area contributed by atoms with Crippen LogP contribution in [0.2, 0.25) is 0 Å². The Morgan fingerprint density at radius 1 is 1.47 bits per heavy atom. The fraction of sp³-hybridized carbons (Fsp3) is 0.833. The zero-order valence-electron chi connectivity index (χ0n) is 10.1. The van der Waals surface area contributed by atoms with Crippen molar-refractivity contribution < 1.29 is 17.9 Å². The number of allylic oxidation sites excluding steroid dienone is 1. The Labute approximate surface area is 100 Å². The van der Waals surface area contributed by atoms with Gasteiger partial charge in [-0.2, -0.15) is 13.2 Å². The van der Waals surface area contributed by atoms with E-state index in [1.54, 1.807) is 0 Å². The first-order chi connectivity index (χ1) is 8.03. The minimum atomic E-state index is -4.24. The summed E-state index contributed by atoms with van der Waals surface area (Å²) in [4.78, 5) is 0. The van der Waals surface area contributed by atoms with E-state index in [4.69, 9.17) is 4.74 Å². The number of nitrogens with one attached hydrogen (secondary N) is 1. The lowest BCUT2D eigenvalue weighted by Crippen LogP contribution is -2.36. The molecule has 0 radical (unpaired) electrons. The molecule has 0 bridgehead atoms. The van der Waals surface area contributed by atoms with Crippen LogP contribution in [0.25, 0.3) is 0 Å². The van der Waals surface area contributed by atoms with Crippen molar-refractivity contribution in [2.24, 2.45) is 0 Å². The van der Waals surface area contributed by atoms with Crippen LogP contribution >= 0.6 is 0 Å². The van der Waals surface area contributed by atoms with Crippen LogP contribution in [0, 0.1) is 0 Å². The lowest BCUT2D eigenvalue weighted by Gasteiger charge is -2.20. The van der Waals surface area contributed by atoms with Crippen molar-refractivity contribution in [1.82, 2.24) is 5.32 Å². The van der Waals surface area contributed by atoms with E-state index in [-0.39, 0.29) is 12.6 Å². The highest BCUT2D eigenvalue weighted by molar-refractivity contribution is 5.15. The lowest BCUT2D eigenvalue weighted by atomic mass is 10.1. The Morgan fingerprint density at radius 3 is 2.76 bits per heavy atom. The molecule has 0 aromatic rings. The minimum Gasteiger partial charge on any atom is -0.370 e. The molecule has 1 N–H and O–H groups in total. The normalized spacial score (nSPS) is 18.2. The third-order valence-electron chi connectivity index (χ3n) is 2.71. The summed E-state index contributed by atoms with van der Waals surface area (Å²) in [5.74, 6) is 0. The van der Waals surface area contributed by atoms with Crippen LogP contribution in [0.1, 0.15) is 32.6 Å². The van der Waals surface area contributed by atoms with Crippen LogP contribution in [-0.4, -0.2) is 32.0 Å². The molecule has 0 saturated carbocycles. The molecule has 0 amide bonds. The number of alkyl halides is 3. The first kappa shape index (κ1) is 14.5. The third kappa shape index (κ3) is 6.07. The van der Waals surface area contributed by atoms with Gasteiger partial charge in [-0.25, -0.2) is 0 Å². The molecular weight excluding hydrogens is 231 g/mol. The van der Waals surface area contributed by atoms with Crippen LogP contribution in [0.15, 0.2) is 11.6 Å². The molecule has 17 heavy (non-hydrogen) atoms. The highest BCUT2D eigenvalue weighted by atomic mass is 19.4. The van der Waals surface area contributed by atoms with E-state index in [2.05, 4.69) is 11.4 Å². The van der Waals surface area contributed by atoms with Gasteiger partial charge in [0, 0.05) is 0 Å². The van der Waals surface area contributed by atoms with Crippen LogP contribution in [0.4, 0.5) is 13.2 Å². The van der Waals surface area contributed by atoms with Crippen molar-refractivity contribution >= 4 is 0 Å². The first-order valence-corrected chi connectivity index (χ1v) is 6.09. The predicted octanol–water partition coefficient (Wildman–Crippen LogP) is 3.04. The average Bonchev–Trinajstić information content (AvgIpc) is 2.74. The van der Waals surface area contributed by atoms with Gasteiger partial charge in [-0.05, 0) is 32.2 Å². The Morgan fingerprint density at radius 2 is 2.24 bits per heavy atom. The summed E-state index contributed by atoms with van der Waals surface area (Å²) in [5.41, 5.74) is 1.20. The number of halogens is 3. The lowest BCUT2D eigenvalue weighted by molar-refractivity contribution is -0.174. The van der Waals surface area contributed by atoms with E-state index in [0.717, 1.165) is 32.2 Å². The van der Waals surface area contributed by atoms with E-state index >= 15 is 0 Å². The van der Waals surface area contributed by atoms with E-state index in [1.807, 2.05) is 6.92 Å². The topological polar surface area (TPSA) is 21.3 Å². The summed E-state index contributed by atoms with van der Waals surface area (Å²) in [6, 6.07) is -0.0557. The molecule has 0 heterocycles. The Balaban J connectivity index is 2.35.